The van der Waals surface area contributed by atoms with Gasteiger partial charge in [0.1, 0.15) is 24.2 Å². The number of amides is 2. The van der Waals surface area contributed by atoms with E-state index in [1.807, 2.05) is 27.7 Å². The number of nitrogens with one attached hydrogen (secondary N) is 1. The van der Waals surface area contributed by atoms with E-state index < -0.39 is 31.4 Å². The standard InChI is InChI=1S/C32H39F3N10O2Si/c1-48(2,3)15-14-47-22-43-13-7-25-28(38-21-39-29(25)43)23-16-40-45(18-23)31(8-9-36)19-44(20-31)24-5-11-42(12-6-24)30(46)41-27-4-10-37-17-26(27)32(33,34)35/h4,7,10,13,16-18,21,24H,5-6,8,11-12,14-15,19-20,22H2,1-3H3,(H,37,41,46). The summed E-state index contributed by atoms with van der Waals surface area (Å²) in [7, 11) is -1.18. The molecule has 0 aromatic carbocycles. The van der Waals surface area contributed by atoms with Crippen LogP contribution in [0, 0.1) is 11.3 Å². The number of anilines is 1. The third-order valence-electron chi connectivity index (χ3n) is 9.16. The number of fused-ring (bicyclic) bond motifs is 1. The molecule has 1 N–H and O–H groups in total. The molecule has 4 aromatic rings. The fraction of sp³-hybridized carbons (Fsp3) is 0.500. The van der Waals surface area contributed by atoms with E-state index in [1.165, 1.54) is 11.1 Å². The number of rotatable bonds is 10. The predicted molar refractivity (Wildman–Crippen MR) is 175 cm³/mol. The zero-order valence-corrected chi connectivity index (χ0v) is 28.2. The fourth-order valence-corrected chi connectivity index (χ4v) is 7.15. The molecule has 2 aliphatic heterocycles. The first-order valence-electron chi connectivity index (χ1n) is 16.0. The van der Waals surface area contributed by atoms with Gasteiger partial charge in [-0.3, -0.25) is 14.6 Å². The van der Waals surface area contributed by atoms with Crippen molar-refractivity contribution in [3.8, 4) is 17.3 Å². The first kappa shape index (κ1) is 33.6. The molecular weight excluding hydrogens is 642 g/mol. The van der Waals surface area contributed by atoms with Crippen LogP contribution in [-0.2, 0) is 23.2 Å². The lowest BCUT2D eigenvalue weighted by Gasteiger charge is -2.53. The number of piperidine rings is 1. The predicted octanol–water partition coefficient (Wildman–Crippen LogP) is 5.64. The number of ether oxygens (including phenoxy) is 1. The van der Waals surface area contributed by atoms with Crippen molar-refractivity contribution in [2.24, 2.45) is 0 Å². The van der Waals surface area contributed by atoms with Gasteiger partial charge in [0.2, 0.25) is 0 Å². The number of alkyl halides is 3. The molecule has 2 saturated heterocycles. The molecular formula is C32H39F3N10O2Si. The maximum absolute atomic E-state index is 13.3. The third kappa shape index (κ3) is 7.08. The summed E-state index contributed by atoms with van der Waals surface area (Å²) >= 11 is 0. The first-order chi connectivity index (χ1) is 22.9. The second-order valence-corrected chi connectivity index (χ2v) is 19.4. The van der Waals surface area contributed by atoms with Crippen molar-refractivity contribution in [3.05, 3.63) is 55.0 Å². The molecule has 254 valence electrons. The van der Waals surface area contributed by atoms with Gasteiger partial charge < -0.3 is 19.5 Å². The maximum atomic E-state index is 13.3. The van der Waals surface area contributed by atoms with Crippen molar-refractivity contribution in [1.82, 2.24) is 39.1 Å². The van der Waals surface area contributed by atoms with Gasteiger partial charge in [-0.2, -0.15) is 23.5 Å². The van der Waals surface area contributed by atoms with Gasteiger partial charge in [-0.1, -0.05) is 19.6 Å². The molecule has 0 saturated carbocycles. The number of hydrogen-bond donors (Lipinski definition) is 1. The lowest BCUT2D eigenvalue weighted by Crippen LogP contribution is -2.66. The minimum absolute atomic E-state index is 0.178. The Morgan fingerprint density at radius 2 is 1.94 bits per heavy atom. The molecule has 4 aromatic heterocycles. The van der Waals surface area contributed by atoms with Crippen LogP contribution in [0.3, 0.4) is 0 Å². The quantitative estimate of drug-likeness (QED) is 0.168. The van der Waals surface area contributed by atoms with Crippen molar-refractivity contribution in [1.29, 1.82) is 5.26 Å². The molecule has 0 unspecified atom stereocenters. The summed E-state index contributed by atoms with van der Waals surface area (Å²) in [5.74, 6) is 0. The Balaban J connectivity index is 1.07. The second-order valence-electron chi connectivity index (χ2n) is 13.8. The van der Waals surface area contributed by atoms with Crippen molar-refractivity contribution in [3.63, 3.8) is 0 Å². The van der Waals surface area contributed by atoms with Crippen LogP contribution >= 0.6 is 0 Å². The average Bonchev–Trinajstić information content (AvgIpc) is 3.68. The van der Waals surface area contributed by atoms with E-state index in [0.29, 0.717) is 58.6 Å². The normalized spacial score (nSPS) is 17.3. The summed E-state index contributed by atoms with van der Waals surface area (Å²) in [4.78, 5) is 29.3. The molecule has 48 heavy (non-hydrogen) atoms. The number of carbonyl (C=O) groups is 1. The average molecular weight is 681 g/mol. The van der Waals surface area contributed by atoms with Gasteiger partial charge in [0.05, 0.1) is 35.6 Å². The summed E-state index contributed by atoms with van der Waals surface area (Å²) in [5, 5.41) is 17.7. The summed E-state index contributed by atoms with van der Waals surface area (Å²) in [6, 6.07) is 6.17. The summed E-state index contributed by atoms with van der Waals surface area (Å²) < 4.78 is 49.8. The number of nitrogens with zero attached hydrogens (tertiary/aromatic N) is 9. The molecule has 2 fully saturated rings. The van der Waals surface area contributed by atoms with Crippen LogP contribution in [0.4, 0.5) is 23.7 Å². The molecule has 16 heteroatoms. The van der Waals surface area contributed by atoms with E-state index in [-0.39, 0.29) is 18.2 Å². The SMILES string of the molecule is C[Si](C)(C)CCOCn1ccc2c(-c3cnn(C4(CC#N)CN(C5CCN(C(=O)Nc6ccncc6C(F)(F)F)CC5)C4)c3)ncnc21. The van der Waals surface area contributed by atoms with E-state index in [1.54, 1.807) is 12.5 Å². The van der Waals surface area contributed by atoms with E-state index in [2.05, 4.69) is 56.0 Å². The molecule has 0 aliphatic carbocycles. The largest absolute Gasteiger partial charge is 0.419 e. The van der Waals surface area contributed by atoms with Crippen LogP contribution in [-0.4, -0.2) is 92.0 Å². The topological polar surface area (TPSA) is 130 Å². The molecule has 2 amide bonds. The highest BCUT2D eigenvalue weighted by Crippen LogP contribution is 2.38. The van der Waals surface area contributed by atoms with Gasteiger partial charge in [-0.05, 0) is 31.0 Å². The molecule has 6 heterocycles. The summed E-state index contributed by atoms with van der Waals surface area (Å²) in [6.45, 7) is 10.1. The van der Waals surface area contributed by atoms with Gasteiger partial charge in [-0.15, -0.1) is 0 Å². The highest BCUT2D eigenvalue weighted by Gasteiger charge is 2.48. The van der Waals surface area contributed by atoms with Crippen molar-refractivity contribution >= 4 is 30.8 Å². The van der Waals surface area contributed by atoms with Crippen LogP contribution in [0.5, 0.6) is 0 Å². The Bertz CT molecular complexity index is 1800. The molecule has 0 radical (unpaired) electrons. The zero-order valence-electron chi connectivity index (χ0n) is 27.2. The minimum Gasteiger partial charge on any atom is -0.361 e. The number of halogens is 3. The lowest BCUT2D eigenvalue weighted by atomic mass is 9.84. The van der Waals surface area contributed by atoms with Gasteiger partial charge in [-0.25, -0.2) is 14.8 Å². The van der Waals surface area contributed by atoms with Crippen molar-refractivity contribution < 1.29 is 22.7 Å². The molecule has 0 bridgehead atoms. The Morgan fingerprint density at radius 1 is 1.17 bits per heavy atom. The number of likely N-dealkylation sites (tertiary alicyclic amines) is 2. The number of carbonyl (C=O) groups excluding carboxylic acids is 1. The molecule has 2 aliphatic rings. The van der Waals surface area contributed by atoms with Gasteiger partial charge in [0.15, 0.2) is 0 Å². The van der Waals surface area contributed by atoms with E-state index in [9.17, 15) is 23.2 Å². The van der Waals surface area contributed by atoms with E-state index >= 15 is 0 Å². The number of nitriles is 1. The van der Waals surface area contributed by atoms with Gasteiger partial charge in [0, 0.05) is 82.6 Å². The minimum atomic E-state index is -4.62. The third-order valence-corrected chi connectivity index (χ3v) is 10.9. The Hall–Kier alpha value is -4.33. The summed E-state index contributed by atoms with van der Waals surface area (Å²) in [5.41, 5.74) is 0.579. The Kier molecular flexibility index (Phi) is 9.29. The second kappa shape index (κ2) is 13.3. The fourth-order valence-electron chi connectivity index (χ4n) is 6.39. The molecule has 0 spiro atoms. The Morgan fingerprint density at radius 3 is 2.65 bits per heavy atom. The van der Waals surface area contributed by atoms with Gasteiger partial charge >= 0.3 is 12.2 Å². The highest BCUT2D eigenvalue weighted by molar-refractivity contribution is 6.76. The summed E-state index contributed by atoms with van der Waals surface area (Å²) in [6.07, 6.45) is 6.13. The number of hydrogen-bond acceptors (Lipinski definition) is 8. The molecule has 0 atom stereocenters. The number of urea groups is 1. The number of pyridine rings is 1. The first-order valence-corrected chi connectivity index (χ1v) is 19.7. The Labute approximate surface area is 277 Å². The highest BCUT2D eigenvalue weighted by atomic mass is 28.3. The van der Waals surface area contributed by atoms with E-state index in [4.69, 9.17) is 4.74 Å². The van der Waals surface area contributed by atoms with Crippen LogP contribution < -0.4 is 5.32 Å². The van der Waals surface area contributed by atoms with Crippen LogP contribution in [0.15, 0.2) is 49.4 Å². The molecule has 6 rings (SSSR count). The van der Waals surface area contributed by atoms with Crippen LogP contribution in [0.25, 0.3) is 22.3 Å². The van der Waals surface area contributed by atoms with Crippen LogP contribution in [0.1, 0.15) is 24.8 Å². The zero-order chi connectivity index (χ0) is 34.1. The number of aromatic nitrogens is 6. The van der Waals surface area contributed by atoms with E-state index in [0.717, 1.165) is 34.4 Å². The van der Waals surface area contributed by atoms with Crippen molar-refractivity contribution in [2.75, 3.05) is 38.1 Å². The lowest BCUT2D eigenvalue weighted by molar-refractivity contribution is -0.137. The maximum Gasteiger partial charge on any atom is 0.419 e. The van der Waals surface area contributed by atoms with Crippen molar-refractivity contribution in [2.45, 2.75) is 69.4 Å². The monoisotopic (exact) mass is 680 g/mol. The van der Waals surface area contributed by atoms with Gasteiger partial charge in [0.25, 0.3) is 0 Å². The van der Waals surface area contributed by atoms with Crippen LogP contribution in [0.2, 0.25) is 25.7 Å². The smallest absolute Gasteiger partial charge is 0.361 e. The molecule has 12 nitrogen and oxygen atoms in total.